The van der Waals surface area contributed by atoms with Gasteiger partial charge in [-0.2, -0.15) is 0 Å². The number of hydrogen-bond donors (Lipinski definition) is 1. The quantitative estimate of drug-likeness (QED) is 0.766. The normalized spacial score (nSPS) is 23.4. The van der Waals surface area contributed by atoms with Crippen molar-refractivity contribution in [2.75, 3.05) is 0 Å². The second-order valence-electron chi connectivity index (χ2n) is 5.16. The number of benzene rings is 1. The van der Waals surface area contributed by atoms with Crippen LogP contribution in [0.5, 0.6) is 0 Å². The van der Waals surface area contributed by atoms with Crippen molar-refractivity contribution in [2.24, 2.45) is 0 Å². The monoisotopic (exact) mass is 258 g/mol. The van der Waals surface area contributed by atoms with Crippen molar-refractivity contribution in [1.82, 2.24) is 0 Å². The molecule has 2 aromatic rings. The smallest absolute Gasteiger partial charge is 0.124 e. The van der Waals surface area contributed by atoms with Gasteiger partial charge in [-0.25, -0.2) is 0 Å². The van der Waals surface area contributed by atoms with Gasteiger partial charge in [-0.15, -0.1) is 11.3 Å². The van der Waals surface area contributed by atoms with Gasteiger partial charge in [-0.05, 0) is 60.7 Å². The summed E-state index contributed by atoms with van der Waals surface area (Å²) in [5, 5.41) is 13.3. The van der Waals surface area contributed by atoms with Crippen LogP contribution in [0.1, 0.15) is 40.8 Å². The molecule has 1 N–H and O–H groups in total. The molecule has 1 aromatic heterocycles. The Hall–Kier alpha value is -1.12. The van der Waals surface area contributed by atoms with E-state index in [9.17, 15) is 5.11 Å². The summed E-state index contributed by atoms with van der Waals surface area (Å²) in [5.74, 6) is 0. The largest absolute Gasteiger partial charge is 0.380 e. The molecule has 0 amide bonds. The zero-order valence-corrected chi connectivity index (χ0v) is 11.5. The number of hydrogen-bond acceptors (Lipinski definition) is 2. The van der Waals surface area contributed by atoms with Gasteiger partial charge in [0.25, 0.3) is 0 Å². The lowest BCUT2D eigenvalue weighted by atomic mass is 9.85. The molecule has 0 radical (unpaired) electrons. The summed E-state index contributed by atoms with van der Waals surface area (Å²) in [4.78, 5) is 1.12. The van der Waals surface area contributed by atoms with Crippen molar-refractivity contribution in [1.29, 1.82) is 0 Å². The Labute approximate surface area is 112 Å². The molecular weight excluding hydrogens is 240 g/mol. The van der Waals surface area contributed by atoms with E-state index in [1.807, 2.05) is 6.07 Å². The van der Waals surface area contributed by atoms with E-state index in [0.29, 0.717) is 0 Å². The highest BCUT2D eigenvalue weighted by Gasteiger charge is 2.36. The topological polar surface area (TPSA) is 20.2 Å². The van der Waals surface area contributed by atoms with Gasteiger partial charge < -0.3 is 5.11 Å². The highest BCUT2D eigenvalue weighted by atomic mass is 32.1. The molecule has 0 saturated carbocycles. The Morgan fingerprint density at radius 1 is 1.17 bits per heavy atom. The summed E-state index contributed by atoms with van der Waals surface area (Å²) in [5.41, 5.74) is 2.86. The molecule has 94 valence electrons. The van der Waals surface area contributed by atoms with E-state index in [1.165, 1.54) is 17.5 Å². The summed E-state index contributed by atoms with van der Waals surface area (Å²) in [6, 6.07) is 10.5. The Bertz CT molecular complexity index is 558. The number of rotatable bonds is 1. The third-order valence-electron chi connectivity index (χ3n) is 3.94. The van der Waals surface area contributed by atoms with Crippen LogP contribution < -0.4 is 0 Å². The van der Waals surface area contributed by atoms with E-state index in [1.54, 1.807) is 11.3 Å². The highest BCUT2D eigenvalue weighted by molar-refractivity contribution is 7.10. The first kappa shape index (κ1) is 11.9. The third kappa shape index (κ3) is 1.80. The van der Waals surface area contributed by atoms with Crippen LogP contribution in [0, 0.1) is 6.92 Å². The molecule has 1 unspecified atom stereocenters. The summed E-state index contributed by atoms with van der Waals surface area (Å²) in [6.07, 6.45) is 4.18. The Balaban J connectivity index is 2.19. The number of thiophene rings is 1. The van der Waals surface area contributed by atoms with Crippen molar-refractivity contribution >= 4 is 11.3 Å². The minimum Gasteiger partial charge on any atom is -0.380 e. The highest BCUT2D eigenvalue weighted by Crippen LogP contribution is 2.42. The summed E-state index contributed by atoms with van der Waals surface area (Å²) in [7, 11) is 0. The number of aliphatic hydroxyl groups is 1. The van der Waals surface area contributed by atoms with E-state index < -0.39 is 5.60 Å². The van der Waals surface area contributed by atoms with Gasteiger partial charge in [0.15, 0.2) is 0 Å². The van der Waals surface area contributed by atoms with Gasteiger partial charge in [0.1, 0.15) is 5.60 Å². The molecule has 1 atom stereocenters. The molecule has 0 bridgehead atoms. The Morgan fingerprint density at radius 2 is 2.00 bits per heavy atom. The van der Waals surface area contributed by atoms with Gasteiger partial charge >= 0.3 is 0 Å². The molecule has 1 nitrogen and oxygen atoms in total. The van der Waals surface area contributed by atoms with Crippen molar-refractivity contribution in [3.05, 3.63) is 57.3 Å². The van der Waals surface area contributed by atoms with Crippen LogP contribution >= 0.6 is 11.3 Å². The van der Waals surface area contributed by atoms with Gasteiger partial charge in [-0.3, -0.25) is 0 Å². The Morgan fingerprint density at radius 3 is 2.78 bits per heavy atom. The first-order chi connectivity index (χ1) is 8.72. The van der Waals surface area contributed by atoms with E-state index in [4.69, 9.17) is 0 Å². The first-order valence-corrected chi connectivity index (χ1v) is 7.45. The standard InChI is InChI=1S/C16H18OS/c1-12-9-11-18-15(12)16(17)10-5-4-7-13-6-2-3-8-14(13)16/h2-3,6,8-9,11,17H,4-5,7,10H2,1H3. The number of fused-ring (bicyclic) bond motifs is 1. The number of aryl methyl sites for hydroxylation is 2. The summed E-state index contributed by atoms with van der Waals surface area (Å²) >= 11 is 1.68. The fraction of sp³-hybridized carbons (Fsp3) is 0.375. The maximum Gasteiger partial charge on any atom is 0.124 e. The SMILES string of the molecule is Cc1ccsc1C1(O)CCCCc2ccccc21. The zero-order chi connectivity index (χ0) is 12.6. The second kappa shape index (κ2) is 4.52. The predicted molar refractivity (Wildman–Crippen MR) is 76.1 cm³/mol. The fourth-order valence-electron chi connectivity index (χ4n) is 3.00. The molecule has 1 aliphatic rings. The van der Waals surface area contributed by atoms with E-state index in [0.717, 1.165) is 29.7 Å². The lowest BCUT2D eigenvalue weighted by Gasteiger charge is -2.29. The minimum absolute atomic E-state index is 0.772. The molecule has 0 aliphatic heterocycles. The molecule has 1 heterocycles. The predicted octanol–water partition coefficient (Wildman–Crippen LogP) is 4.02. The van der Waals surface area contributed by atoms with Crippen LogP contribution in [0.25, 0.3) is 0 Å². The molecule has 3 rings (SSSR count). The van der Waals surface area contributed by atoms with Crippen molar-refractivity contribution in [2.45, 2.75) is 38.2 Å². The first-order valence-electron chi connectivity index (χ1n) is 6.57. The van der Waals surface area contributed by atoms with E-state index in [-0.39, 0.29) is 0 Å². The second-order valence-corrected chi connectivity index (χ2v) is 6.07. The van der Waals surface area contributed by atoms with Crippen molar-refractivity contribution in [3.63, 3.8) is 0 Å². The van der Waals surface area contributed by atoms with Crippen LogP contribution in [-0.2, 0) is 12.0 Å². The summed E-state index contributed by atoms with van der Waals surface area (Å²) in [6.45, 7) is 2.09. The average Bonchev–Trinajstić information content (AvgIpc) is 2.74. The third-order valence-corrected chi connectivity index (χ3v) is 5.10. The Kier molecular flexibility index (Phi) is 3.00. The van der Waals surface area contributed by atoms with Gasteiger partial charge in [-0.1, -0.05) is 24.3 Å². The van der Waals surface area contributed by atoms with Crippen LogP contribution in [0.15, 0.2) is 35.7 Å². The molecule has 0 spiro atoms. The summed E-state index contributed by atoms with van der Waals surface area (Å²) < 4.78 is 0. The van der Waals surface area contributed by atoms with E-state index in [2.05, 4.69) is 36.6 Å². The molecule has 1 aromatic carbocycles. The minimum atomic E-state index is -0.772. The molecule has 0 fully saturated rings. The van der Waals surface area contributed by atoms with Gasteiger partial charge in [0.2, 0.25) is 0 Å². The van der Waals surface area contributed by atoms with Crippen molar-refractivity contribution in [3.8, 4) is 0 Å². The molecule has 1 aliphatic carbocycles. The maximum atomic E-state index is 11.3. The van der Waals surface area contributed by atoms with Crippen LogP contribution in [-0.4, -0.2) is 5.11 Å². The maximum absolute atomic E-state index is 11.3. The molecule has 2 heteroatoms. The average molecular weight is 258 g/mol. The molecule has 18 heavy (non-hydrogen) atoms. The van der Waals surface area contributed by atoms with Crippen LogP contribution in [0.3, 0.4) is 0 Å². The van der Waals surface area contributed by atoms with Crippen molar-refractivity contribution < 1.29 is 5.11 Å². The van der Waals surface area contributed by atoms with Crippen LogP contribution in [0.2, 0.25) is 0 Å². The zero-order valence-electron chi connectivity index (χ0n) is 10.6. The van der Waals surface area contributed by atoms with Crippen LogP contribution in [0.4, 0.5) is 0 Å². The van der Waals surface area contributed by atoms with Gasteiger partial charge in [0, 0.05) is 4.88 Å². The lowest BCUT2D eigenvalue weighted by molar-refractivity contribution is 0.0737. The molecular formula is C16H18OS. The van der Waals surface area contributed by atoms with Gasteiger partial charge in [0.05, 0.1) is 0 Å². The lowest BCUT2D eigenvalue weighted by Crippen LogP contribution is -2.27. The molecule has 0 saturated heterocycles. The van der Waals surface area contributed by atoms with E-state index >= 15 is 0 Å². The fourth-order valence-corrected chi connectivity index (χ4v) is 4.07.